The smallest absolute Gasteiger partial charge is 0.256 e. The highest BCUT2D eigenvalue weighted by atomic mass is 32.1. The second kappa shape index (κ2) is 8.09. The molecule has 180 valence electrons. The molecule has 0 radical (unpaired) electrons. The fraction of sp³-hybridized carbons (Fsp3) is 0.259. The first-order chi connectivity index (χ1) is 17.6. The van der Waals surface area contributed by atoms with Crippen LogP contribution >= 0.6 is 11.3 Å². The van der Waals surface area contributed by atoms with Crippen LogP contribution in [0, 0.1) is 24.6 Å². The Labute approximate surface area is 210 Å². The second-order valence-corrected chi connectivity index (χ2v) is 10.5. The van der Waals surface area contributed by atoms with Gasteiger partial charge < -0.3 is 14.2 Å². The molecule has 0 bridgehead atoms. The summed E-state index contributed by atoms with van der Waals surface area (Å²) in [4.78, 5) is 31.9. The molecule has 0 aromatic carbocycles. The first-order valence-corrected chi connectivity index (χ1v) is 12.9. The number of halogens is 1. The molecule has 7 rings (SSSR count). The number of likely N-dealkylation sites (tertiary alicyclic amines) is 1. The number of hydrogen-bond donors (Lipinski definition) is 0. The molecule has 5 aromatic rings. The van der Waals surface area contributed by atoms with E-state index in [2.05, 4.69) is 15.3 Å². The molecular formula is C27H23FN6OS. The van der Waals surface area contributed by atoms with Crippen LogP contribution in [0.25, 0.3) is 27.0 Å². The molecule has 0 aliphatic carbocycles. The summed E-state index contributed by atoms with van der Waals surface area (Å²) in [5.74, 6) is 0.961. The van der Waals surface area contributed by atoms with E-state index in [-0.39, 0.29) is 11.6 Å². The fourth-order valence-electron chi connectivity index (χ4n) is 5.73. The zero-order chi connectivity index (χ0) is 24.4. The predicted molar refractivity (Wildman–Crippen MR) is 138 cm³/mol. The molecule has 0 spiro atoms. The van der Waals surface area contributed by atoms with Crippen LogP contribution in [0.15, 0.2) is 60.4 Å². The van der Waals surface area contributed by atoms with Gasteiger partial charge in [-0.3, -0.25) is 9.78 Å². The number of aryl methyl sites for hydroxylation is 1. The minimum atomic E-state index is -0.436. The highest BCUT2D eigenvalue weighted by Gasteiger charge is 2.43. The maximum atomic E-state index is 14.7. The van der Waals surface area contributed by atoms with Crippen molar-refractivity contribution in [2.75, 3.05) is 31.1 Å². The van der Waals surface area contributed by atoms with E-state index in [1.807, 2.05) is 46.7 Å². The van der Waals surface area contributed by atoms with E-state index < -0.39 is 5.82 Å². The molecular weight excluding hydrogens is 475 g/mol. The fourth-order valence-corrected chi connectivity index (χ4v) is 6.51. The third kappa shape index (κ3) is 3.30. The van der Waals surface area contributed by atoms with Gasteiger partial charge in [-0.25, -0.2) is 14.4 Å². The molecule has 2 atom stereocenters. The summed E-state index contributed by atoms with van der Waals surface area (Å²) in [5, 5.41) is 2.05. The van der Waals surface area contributed by atoms with Crippen LogP contribution in [-0.4, -0.2) is 56.3 Å². The summed E-state index contributed by atoms with van der Waals surface area (Å²) in [6, 6.07) is 10.7. The molecule has 7 nitrogen and oxygen atoms in total. The number of thiophene rings is 1. The normalized spacial score (nSPS) is 19.5. The minimum Gasteiger partial charge on any atom is -0.340 e. The number of hydrogen-bond acceptors (Lipinski definition) is 6. The molecule has 9 heteroatoms. The molecule has 2 fully saturated rings. The third-order valence-electron chi connectivity index (χ3n) is 7.43. The molecule has 36 heavy (non-hydrogen) atoms. The average Bonchev–Trinajstić information content (AvgIpc) is 3.65. The topological polar surface area (TPSA) is 66.6 Å². The van der Waals surface area contributed by atoms with E-state index in [4.69, 9.17) is 9.97 Å². The van der Waals surface area contributed by atoms with Gasteiger partial charge in [-0.15, -0.1) is 11.3 Å². The van der Waals surface area contributed by atoms with Crippen molar-refractivity contribution in [3.63, 3.8) is 0 Å². The maximum absolute atomic E-state index is 14.7. The zero-order valence-electron chi connectivity index (χ0n) is 19.6. The number of pyridine rings is 2. The molecule has 1 amide bonds. The van der Waals surface area contributed by atoms with E-state index in [0.29, 0.717) is 36.1 Å². The van der Waals surface area contributed by atoms with E-state index in [9.17, 15) is 9.18 Å². The summed E-state index contributed by atoms with van der Waals surface area (Å²) in [7, 11) is 0. The van der Waals surface area contributed by atoms with Gasteiger partial charge >= 0.3 is 0 Å². The van der Waals surface area contributed by atoms with Gasteiger partial charge in [-0.2, -0.15) is 0 Å². The Morgan fingerprint density at radius 2 is 1.89 bits per heavy atom. The lowest BCUT2D eigenvalue weighted by atomic mass is 10.0. The maximum Gasteiger partial charge on any atom is 0.256 e. The largest absolute Gasteiger partial charge is 0.340 e. The van der Waals surface area contributed by atoms with Crippen LogP contribution in [-0.2, 0) is 0 Å². The Hall–Kier alpha value is -3.85. The van der Waals surface area contributed by atoms with Crippen molar-refractivity contribution in [2.45, 2.75) is 6.92 Å². The number of aromatic nitrogens is 4. The van der Waals surface area contributed by atoms with Crippen LogP contribution in [0.1, 0.15) is 16.1 Å². The van der Waals surface area contributed by atoms with Gasteiger partial charge in [0.15, 0.2) is 0 Å². The van der Waals surface area contributed by atoms with E-state index >= 15 is 0 Å². The highest BCUT2D eigenvalue weighted by Crippen LogP contribution is 2.37. The van der Waals surface area contributed by atoms with Gasteiger partial charge in [0.1, 0.15) is 11.5 Å². The third-order valence-corrected chi connectivity index (χ3v) is 8.44. The molecule has 2 saturated heterocycles. The van der Waals surface area contributed by atoms with Crippen LogP contribution in [0.3, 0.4) is 0 Å². The quantitative estimate of drug-likeness (QED) is 0.362. The number of anilines is 1. The van der Waals surface area contributed by atoms with Crippen LogP contribution < -0.4 is 4.90 Å². The van der Waals surface area contributed by atoms with Crippen LogP contribution in [0.2, 0.25) is 0 Å². The van der Waals surface area contributed by atoms with E-state index in [1.165, 1.54) is 6.07 Å². The van der Waals surface area contributed by atoms with Crippen LogP contribution in [0.4, 0.5) is 10.3 Å². The first-order valence-electron chi connectivity index (χ1n) is 12.0. The Balaban J connectivity index is 1.17. The summed E-state index contributed by atoms with van der Waals surface area (Å²) in [5.41, 5.74) is 3.99. The lowest BCUT2D eigenvalue weighted by Crippen LogP contribution is -2.34. The van der Waals surface area contributed by atoms with Gasteiger partial charge in [0, 0.05) is 62.2 Å². The van der Waals surface area contributed by atoms with Crippen molar-refractivity contribution in [1.29, 1.82) is 0 Å². The highest BCUT2D eigenvalue weighted by molar-refractivity contribution is 7.17. The second-order valence-electron chi connectivity index (χ2n) is 9.62. The number of fused-ring (bicyclic) bond motifs is 3. The Morgan fingerprint density at radius 1 is 1.06 bits per heavy atom. The summed E-state index contributed by atoms with van der Waals surface area (Å²) < 4.78 is 17.7. The SMILES string of the molecule is Cc1nc(N2C[C@H]3CN(C(=O)c4c(-c5ncccc5F)cn5ccccc45)C[C@H]3C2)nc2ccsc12. The van der Waals surface area contributed by atoms with Gasteiger partial charge in [0.25, 0.3) is 5.91 Å². The average molecular weight is 499 g/mol. The Bertz CT molecular complexity index is 1630. The number of carbonyl (C=O) groups is 1. The lowest BCUT2D eigenvalue weighted by molar-refractivity contribution is 0.0785. The number of rotatable bonds is 3. The number of amides is 1. The molecule has 7 heterocycles. The van der Waals surface area contributed by atoms with E-state index in [0.717, 1.165) is 40.5 Å². The molecule has 2 aliphatic rings. The zero-order valence-corrected chi connectivity index (χ0v) is 20.5. The molecule has 0 N–H and O–H groups in total. The lowest BCUT2D eigenvalue weighted by Gasteiger charge is -2.22. The van der Waals surface area contributed by atoms with Crippen molar-refractivity contribution < 1.29 is 9.18 Å². The number of carbonyl (C=O) groups excluding carboxylic acids is 1. The predicted octanol–water partition coefficient (Wildman–Crippen LogP) is 4.66. The van der Waals surface area contributed by atoms with Gasteiger partial charge in [0.05, 0.1) is 27.0 Å². The monoisotopic (exact) mass is 498 g/mol. The minimum absolute atomic E-state index is 0.0727. The number of nitrogens with zero attached hydrogens (tertiary/aromatic N) is 6. The van der Waals surface area contributed by atoms with E-state index in [1.54, 1.807) is 29.8 Å². The summed E-state index contributed by atoms with van der Waals surface area (Å²) in [6.07, 6.45) is 5.23. The summed E-state index contributed by atoms with van der Waals surface area (Å²) in [6.45, 7) is 5.00. The molecule has 2 aliphatic heterocycles. The van der Waals surface area contributed by atoms with Gasteiger partial charge in [-0.1, -0.05) is 6.07 Å². The van der Waals surface area contributed by atoms with Gasteiger partial charge in [0.2, 0.25) is 5.95 Å². The van der Waals surface area contributed by atoms with Gasteiger partial charge in [-0.05, 0) is 42.6 Å². The van der Waals surface area contributed by atoms with Crippen molar-refractivity contribution in [3.05, 3.63) is 77.4 Å². The van der Waals surface area contributed by atoms with Crippen molar-refractivity contribution in [2.24, 2.45) is 11.8 Å². The standard InChI is InChI=1S/C27H23FN6OS/c1-16-25-21(7-10-36-25)31-27(30-16)34-13-17-11-33(12-18(17)14-34)26(35)23-19(24-20(28)5-4-8-29-24)15-32-9-3-2-6-22(23)32/h2-10,15,17-18H,11-14H2,1H3/t17-,18+. The summed E-state index contributed by atoms with van der Waals surface area (Å²) >= 11 is 1.67. The Morgan fingerprint density at radius 3 is 2.69 bits per heavy atom. The molecule has 5 aromatic heterocycles. The first kappa shape index (κ1) is 21.4. The molecule has 0 unspecified atom stereocenters. The van der Waals surface area contributed by atoms with Crippen LogP contribution in [0.5, 0.6) is 0 Å². The van der Waals surface area contributed by atoms with Crippen molar-refractivity contribution in [3.8, 4) is 11.3 Å². The molecule has 0 saturated carbocycles. The van der Waals surface area contributed by atoms with Crippen molar-refractivity contribution >= 4 is 38.9 Å². The Kier molecular flexibility index (Phi) is 4.82. The van der Waals surface area contributed by atoms with Crippen molar-refractivity contribution in [1.82, 2.24) is 24.3 Å².